The first-order valence-electron chi connectivity index (χ1n) is 37.1. The second kappa shape index (κ2) is 64.4. The van der Waals surface area contributed by atoms with Crippen LogP contribution < -0.4 is 0 Å². The van der Waals surface area contributed by atoms with E-state index in [1.807, 2.05) is 0 Å². The Hall–Kier alpha value is -1.94. The minimum absolute atomic E-state index is 0.102. The van der Waals surface area contributed by atoms with Crippen molar-refractivity contribution in [1.29, 1.82) is 0 Å². The van der Waals surface area contributed by atoms with E-state index in [2.05, 4.69) is 34.6 Å². The predicted molar refractivity (Wildman–Crippen MR) is 363 cm³/mol. The molecule has 2 unspecified atom stereocenters. The second-order valence-corrected chi connectivity index (χ2v) is 29.0. The molecule has 17 nitrogen and oxygen atoms in total. The molecule has 90 heavy (non-hydrogen) atoms. The number of carbonyl (C=O) groups is 4. The summed E-state index contributed by atoms with van der Waals surface area (Å²) in [7, 11) is -9.89. The molecule has 5 atom stereocenters. The zero-order valence-electron chi connectivity index (χ0n) is 58.3. The number of phosphoric acid groups is 2. The third-order valence-electron chi connectivity index (χ3n) is 16.5. The Balaban J connectivity index is 5.13. The number of rotatable bonds is 71. The van der Waals surface area contributed by atoms with Crippen LogP contribution >= 0.6 is 15.6 Å². The Morgan fingerprint density at radius 1 is 0.300 bits per heavy atom. The zero-order chi connectivity index (χ0) is 66.3. The molecular formula is C71H138O17P2. The first-order valence-corrected chi connectivity index (χ1v) is 40.1. The number of carbonyl (C=O) groups excluding carboxylic acids is 4. The van der Waals surface area contributed by atoms with Crippen molar-refractivity contribution in [2.75, 3.05) is 39.6 Å². The van der Waals surface area contributed by atoms with Crippen LogP contribution in [-0.4, -0.2) is 96.7 Å². The molecular weight excluding hydrogens is 1190 g/mol. The smallest absolute Gasteiger partial charge is 0.462 e. The summed E-state index contributed by atoms with van der Waals surface area (Å²) < 4.78 is 68.1. The SMILES string of the molecule is CCCCCCCCCCCCCCCCCCCCCCCC(=O)O[C@H](COC(=O)CCCCCCCCCCCCCCC)COP(=O)(O)OC[C@@H](O)COP(=O)(O)OC[C@@H](COC(=O)CCCCCCCCC)OC(=O)CCCCCCCCC(C)C. The lowest BCUT2D eigenvalue weighted by molar-refractivity contribution is -0.161. The summed E-state index contributed by atoms with van der Waals surface area (Å²) in [6, 6.07) is 0. The van der Waals surface area contributed by atoms with Gasteiger partial charge in [-0.3, -0.25) is 37.3 Å². The highest BCUT2D eigenvalue weighted by Crippen LogP contribution is 2.45. The maximum absolute atomic E-state index is 13.0. The summed E-state index contributed by atoms with van der Waals surface area (Å²) in [6.07, 6.45) is 51.8. The molecule has 3 N–H and O–H groups in total. The van der Waals surface area contributed by atoms with E-state index in [0.29, 0.717) is 31.6 Å². The van der Waals surface area contributed by atoms with Gasteiger partial charge in [-0.15, -0.1) is 0 Å². The van der Waals surface area contributed by atoms with E-state index in [-0.39, 0.29) is 25.7 Å². The van der Waals surface area contributed by atoms with E-state index in [4.69, 9.17) is 37.0 Å². The molecule has 0 aliphatic rings. The fourth-order valence-corrected chi connectivity index (χ4v) is 12.4. The highest BCUT2D eigenvalue weighted by atomic mass is 31.2. The summed E-state index contributed by atoms with van der Waals surface area (Å²) in [5, 5.41) is 10.6. The second-order valence-electron chi connectivity index (χ2n) is 26.1. The minimum Gasteiger partial charge on any atom is -0.462 e. The van der Waals surface area contributed by atoms with E-state index in [1.165, 1.54) is 180 Å². The molecule has 0 radical (unpaired) electrons. The van der Waals surface area contributed by atoms with Gasteiger partial charge in [0.2, 0.25) is 0 Å². The lowest BCUT2D eigenvalue weighted by atomic mass is 10.0. The average Bonchev–Trinajstić information content (AvgIpc) is 3.14. The van der Waals surface area contributed by atoms with Crippen molar-refractivity contribution in [3.05, 3.63) is 0 Å². The van der Waals surface area contributed by atoms with Crippen molar-refractivity contribution in [3.63, 3.8) is 0 Å². The van der Waals surface area contributed by atoms with Crippen molar-refractivity contribution in [2.45, 2.75) is 387 Å². The summed E-state index contributed by atoms with van der Waals surface area (Å²) >= 11 is 0. The molecule has 0 aromatic rings. The highest BCUT2D eigenvalue weighted by molar-refractivity contribution is 7.47. The van der Waals surface area contributed by atoms with Crippen LogP contribution in [0.2, 0.25) is 0 Å². The quantitative estimate of drug-likeness (QED) is 0.0222. The van der Waals surface area contributed by atoms with E-state index in [9.17, 15) is 43.2 Å². The predicted octanol–water partition coefficient (Wildman–Crippen LogP) is 20.5. The van der Waals surface area contributed by atoms with E-state index >= 15 is 0 Å². The number of hydrogen-bond acceptors (Lipinski definition) is 15. The Morgan fingerprint density at radius 2 is 0.511 bits per heavy atom. The number of unbranched alkanes of at least 4 members (excludes halogenated alkanes) is 43. The summed E-state index contributed by atoms with van der Waals surface area (Å²) in [5.74, 6) is -1.46. The lowest BCUT2D eigenvalue weighted by Crippen LogP contribution is -2.30. The Bertz CT molecular complexity index is 1740. The van der Waals surface area contributed by atoms with Crippen LogP contribution in [0.25, 0.3) is 0 Å². The van der Waals surface area contributed by atoms with Crippen LogP contribution in [0, 0.1) is 5.92 Å². The van der Waals surface area contributed by atoms with E-state index < -0.39 is 97.5 Å². The zero-order valence-corrected chi connectivity index (χ0v) is 60.1. The summed E-state index contributed by atoms with van der Waals surface area (Å²) in [4.78, 5) is 72.3. The molecule has 0 rings (SSSR count). The third kappa shape index (κ3) is 64.8. The van der Waals surface area contributed by atoms with Gasteiger partial charge in [-0.2, -0.15) is 0 Å². The van der Waals surface area contributed by atoms with Crippen molar-refractivity contribution in [3.8, 4) is 0 Å². The van der Waals surface area contributed by atoms with Crippen LogP contribution in [0.4, 0.5) is 0 Å². The van der Waals surface area contributed by atoms with Crippen molar-refractivity contribution in [2.24, 2.45) is 5.92 Å². The molecule has 0 amide bonds. The minimum atomic E-state index is -4.95. The van der Waals surface area contributed by atoms with Gasteiger partial charge in [0.1, 0.15) is 19.3 Å². The monoisotopic (exact) mass is 1320 g/mol. The Morgan fingerprint density at radius 3 is 0.756 bits per heavy atom. The van der Waals surface area contributed by atoms with Crippen LogP contribution in [0.1, 0.15) is 369 Å². The molecule has 0 aliphatic carbocycles. The molecule has 0 saturated carbocycles. The molecule has 19 heteroatoms. The Kier molecular flexibility index (Phi) is 63.0. The van der Waals surface area contributed by atoms with E-state index in [1.54, 1.807) is 0 Å². The number of ether oxygens (including phenoxy) is 4. The topological polar surface area (TPSA) is 237 Å². The lowest BCUT2D eigenvalue weighted by Gasteiger charge is -2.21. The fraction of sp³-hybridized carbons (Fsp3) is 0.944. The van der Waals surface area contributed by atoms with Gasteiger partial charge < -0.3 is 33.8 Å². The summed E-state index contributed by atoms with van der Waals surface area (Å²) in [6.45, 7) is 7.11. The van der Waals surface area contributed by atoms with Gasteiger partial charge in [0.25, 0.3) is 0 Å². The molecule has 0 bridgehead atoms. The molecule has 0 heterocycles. The third-order valence-corrected chi connectivity index (χ3v) is 18.4. The van der Waals surface area contributed by atoms with Crippen molar-refractivity contribution >= 4 is 39.5 Å². The normalized spacial score (nSPS) is 14.1. The molecule has 0 aromatic heterocycles. The summed E-state index contributed by atoms with van der Waals surface area (Å²) in [5.41, 5.74) is 0. The molecule has 0 aromatic carbocycles. The first-order chi connectivity index (χ1) is 43.5. The van der Waals surface area contributed by atoms with Crippen LogP contribution in [0.15, 0.2) is 0 Å². The largest absolute Gasteiger partial charge is 0.472 e. The number of aliphatic hydroxyl groups is 1. The number of aliphatic hydroxyl groups excluding tert-OH is 1. The van der Waals surface area contributed by atoms with Crippen molar-refractivity contribution < 1.29 is 80.2 Å². The molecule has 0 saturated heterocycles. The molecule has 0 spiro atoms. The Labute approximate surface area is 549 Å². The highest BCUT2D eigenvalue weighted by Gasteiger charge is 2.30. The van der Waals surface area contributed by atoms with Gasteiger partial charge in [-0.1, -0.05) is 317 Å². The number of phosphoric ester groups is 2. The molecule has 0 aliphatic heterocycles. The van der Waals surface area contributed by atoms with Crippen LogP contribution in [0.3, 0.4) is 0 Å². The van der Waals surface area contributed by atoms with Gasteiger partial charge in [-0.05, 0) is 31.6 Å². The first kappa shape index (κ1) is 88.1. The number of hydrogen-bond donors (Lipinski definition) is 3. The molecule has 534 valence electrons. The maximum atomic E-state index is 13.0. The fourth-order valence-electron chi connectivity index (χ4n) is 10.8. The van der Waals surface area contributed by atoms with E-state index in [0.717, 1.165) is 103 Å². The van der Waals surface area contributed by atoms with Gasteiger partial charge in [0.05, 0.1) is 26.4 Å². The number of esters is 4. The standard InChI is InChI=1S/C71H138O17P2/c1-6-9-12-15-18-20-22-24-25-26-27-28-29-30-31-33-35-37-40-46-51-56-70(75)87-66(61-82-69(74)55-50-45-39-36-34-32-23-21-19-16-13-10-7-2)62-85-89(77,78)83-58-65(72)59-84-90(79,80)86-63-67(60-81-68(73)54-49-44-38-17-14-11-8-3)88-71(76)57-52-47-42-41-43-48-53-64(4)5/h64-67,72H,6-63H2,1-5H3,(H,77,78)(H,79,80)/t65-,66-,67-/m1/s1. The average molecular weight is 1330 g/mol. The van der Waals surface area contributed by atoms with Gasteiger partial charge in [0.15, 0.2) is 12.2 Å². The van der Waals surface area contributed by atoms with Crippen molar-refractivity contribution in [1.82, 2.24) is 0 Å². The van der Waals surface area contributed by atoms with Gasteiger partial charge in [-0.25, -0.2) is 9.13 Å². The van der Waals surface area contributed by atoms with Gasteiger partial charge in [0, 0.05) is 25.7 Å². The maximum Gasteiger partial charge on any atom is 0.472 e. The van der Waals surface area contributed by atoms with Gasteiger partial charge >= 0.3 is 39.5 Å². The molecule has 0 fully saturated rings. The van der Waals surface area contributed by atoms with Crippen LogP contribution in [0.5, 0.6) is 0 Å². The van der Waals surface area contributed by atoms with Crippen LogP contribution in [-0.2, 0) is 65.4 Å².